The molecule has 7 nitrogen and oxygen atoms in total. The topological polar surface area (TPSA) is 87.7 Å². The Labute approximate surface area is 160 Å². The average Bonchev–Trinajstić information content (AvgIpc) is 2.58. The summed E-state index contributed by atoms with van der Waals surface area (Å²) in [5.41, 5.74) is 0.381. The predicted molar refractivity (Wildman–Crippen MR) is 102 cm³/mol. The van der Waals surface area contributed by atoms with Crippen molar-refractivity contribution in [1.29, 1.82) is 0 Å². The molecule has 3 amide bonds. The average molecular weight is 375 g/mol. The van der Waals surface area contributed by atoms with E-state index in [0.717, 1.165) is 5.56 Å². The third-order valence-electron chi connectivity index (χ3n) is 4.08. The maximum atomic E-state index is 12.2. The molecule has 27 heavy (non-hydrogen) atoms. The predicted octanol–water partition coefficient (Wildman–Crippen LogP) is 1.72. The van der Waals surface area contributed by atoms with Crippen molar-refractivity contribution in [3.63, 3.8) is 0 Å². The van der Waals surface area contributed by atoms with E-state index in [1.165, 1.54) is 0 Å². The summed E-state index contributed by atoms with van der Waals surface area (Å²) < 4.78 is 5.19. The van der Waals surface area contributed by atoms with Gasteiger partial charge in [0.2, 0.25) is 11.8 Å². The second-order valence-corrected chi connectivity index (χ2v) is 8.01. The van der Waals surface area contributed by atoms with Gasteiger partial charge in [0.1, 0.15) is 11.6 Å². The summed E-state index contributed by atoms with van der Waals surface area (Å²) in [5.74, 6) is -0.151. The first-order valence-electron chi connectivity index (χ1n) is 9.23. The number of carbonyl (C=O) groups is 3. The van der Waals surface area contributed by atoms with E-state index in [9.17, 15) is 14.4 Å². The number of nitrogens with zero attached hydrogens (tertiary/aromatic N) is 1. The van der Waals surface area contributed by atoms with E-state index < -0.39 is 17.7 Å². The molecule has 1 aromatic rings. The van der Waals surface area contributed by atoms with E-state index in [2.05, 4.69) is 10.6 Å². The number of carbonyl (C=O) groups excluding carboxylic acids is 3. The fourth-order valence-electron chi connectivity index (χ4n) is 2.81. The molecule has 0 radical (unpaired) electrons. The van der Waals surface area contributed by atoms with Gasteiger partial charge in [0, 0.05) is 19.6 Å². The largest absolute Gasteiger partial charge is 0.444 e. The van der Waals surface area contributed by atoms with Crippen molar-refractivity contribution in [2.75, 3.05) is 19.6 Å². The maximum absolute atomic E-state index is 12.2. The van der Waals surface area contributed by atoms with Crippen molar-refractivity contribution >= 4 is 17.9 Å². The molecule has 1 aliphatic heterocycles. The van der Waals surface area contributed by atoms with Crippen LogP contribution in [0.2, 0.25) is 0 Å². The number of alkyl carbamates (subject to hydrolysis) is 1. The van der Waals surface area contributed by atoms with E-state index in [1.807, 2.05) is 37.3 Å². The van der Waals surface area contributed by atoms with Crippen LogP contribution in [0.15, 0.2) is 30.3 Å². The van der Waals surface area contributed by atoms with E-state index in [4.69, 9.17) is 4.74 Å². The minimum absolute atomic E-state index is 0.0828. The quantitative estimate of drug-likeness (QED) is 0.711. The minimum atomic E-state index is -0.536. The molecule has 0 aromatic heterocycles. The van der Waals surface area contributed by atoms with E-state index in [1.54, 1.807) is 25.7 Å². The Morgan fingerprint density at radius 1 is 1.26 bits per heavy atom. The standard InChI is InChI=1S/C20H29N3O4/c1-14(11-21-19(26)27-20(2,3)4)12-23-13-16(18(23)25)22-17(24)10-15-8-6-5-7-9-15/h5-9,14,16H,10-13H2,1-4H3,(H,21,26)(H,22,24). The van der Waals surface area contributed by atoms with Gasteiger partial charge in [0.05, 0.1) is 6.42 Å². The zero-order valence-electron chi connectivity index (χ0n) is 16.5. The SMILES string of the molecule is CC(CNC(=O)OC(C)(C)C)CN1CC(NC(=O)Cc2ccccc2)C1=O. The normalized spacial score (nSPS) is 17.7. The van der Waals surface area contributed by atoms with Crippen LogP contribution in [0.4, 0.5) is 4.79 Å². The van der Waals surface area contributed by atoms with Gasteiger partial charge < -0.3 is 20.3 Å². The highest BCUT2D eigenvalue weighted by Crippen LogP contribution is 2.13. The lowest BCUT2D eigenvalue weighted by Crippen LogP contribution is -2.64. The number of benzene rings is 1. The van der Waals surface area contributed by atoms with Crippen LogP contribution >= 0.6 is 0 Å². The lowest BCUT2D eigenvalue weighted by Gasteiger charge is -2.40. The summed E-state index contributed by atoms with van der Waals surface area (Å²) in [5, 5.41) is 5.48. The van der Waals surface area contributed by atoms with Gasteiger partial charge in [-0.3, -0.25) is 9.59 Å². The van der Waals surface area contributed by atoms with Gasteiger partial charge in [-0.1, -0.05) is 37.3 Å². The molecule has 7 heteroatoms. The van der Waals surface area contributed by atoms with Crippen molar-refractivity contribution in [2.45, 2.75) is 45.8 Å². The number of nitrogens with one attached hydrogen (secondary N) is 2. The first-order chi connectivity index (χ1) is 12.6. The van der Waals surface area contributed by atoms with Gasteiger partial charge in [0.25, 0.3) is 0 Å². The van der Waals surface area contributed by atoms with E-state index >= 15 is 0 Å². The summed E-state index contributed by atoms with van der Waals surface area (Å²) in [6.45, 7) is 8.81. The second-order valence-electron chi connectivity index (χ2n) is 8.01. The molecule has 2 atom stereocenters. The summed E-state index contributed by atoms with van der Waals surface area (Å²) in [7, 11) is 0. The summed E-state index contributed by atoms with van der Waals surface area (Å²) in [4.78, 5) is 37.6. The van der Waals surface area contributed by atoms with Crippen molar-refractivity contribution in [3.8, 4) is 0 Å². The molecule has 0 saturated carbocycles. The van der Waals surface area contributed by atoms with Crippen LogP contribution in [0.5, 0.6) is 0 Å². The Balaban J connectivity index is 1.66. The third-order valence-corrected chi connectivity index (χ3v) is 4.08. The van der Waals surface area contributed by atoms with Gasteiger partial charge in [-0.25, -0.2) is 4.79 Å². The zero-order valence-corrected chi connectivity index (χ0v) is 16.5. The molecular formula is C20H29N3O4. The molecule has 1 aromatic carbocycles. The number of hydrogen-bond acceptors (Lipinski definition) is 4. The fraction of sp³-hybridized carbons (Fsp3) is 0.550. The van der Waals surface area contributed by atoms with Crippen molar-refractivity contribution in [2.24, 2.45) is 5.92 Å². The van der Waals surface area contributed by atoms with Crippen molar-refractivity contribution in [1.82, 2.24) is 15.5 Å². The highest BCUT2D eigenvalue weighted by molar-refractivity contribution is 5.92. The molecule has 1 heterocycles. The van der Waals surface area contributed by atoms with Crippen LogP contribution < -0.4 is 10.6 Å². The highest BCUT2D eigenvalue weighted by atomic mass is 16.6. The monoisotopic (exact) mass is 375 g/mol. The summed E-state index contributed by atoms with van der Waals surface area (Å²) in [6.07, 6.45) is -0.198. The summed E-state index contributed by atoms with van der Waals surface area (Å²) in [6, 6.07) is 8.97. The number of amides is 3. The molecule has 0 aliphatic carbocycles. The number of hydrogen-bond donors (Lipinski definition) is 2. The Hall–Kier alpha value is -2.57. The fourth-order valence-corrected chi connectivity index (χ4v) is 2.81. The number of β-lactam (4-membered cyclic amide) rings is 1. The lowest BCUT2D eigenvalue weighted by atomic mass is 10.0. The Bertz CT molecular complexity index is 670. The summed E-state index contributed by atoms with van der Waals surface area (Å²) >= 11 is 0. The Kier molecular flexibility index (Phi) is 6.82. The van der Waals surface area contributed by atoms with Crippen LogP contribution in [0.25, 0.3) is 0 Å². The molecule has 2 N–H and O–H groups in total. The zero-order chi connectivity index (χ0) is 20.0. The molecular weight excluding hydrogens is 346 g/mol. The van der Waals surface area contributed by atoms with Crippen LogP contribution in [0.1, 0.15) is 33.3 Å². The van der Waals surface area contributed by atoms with E-state index in [-0.39, 0.29) is 24.2 Å². The first-order valence-corrected chi connectivity index (χ1v) is 9.23. The molecule has 2 unspecified atom stereocenters. The van der Waals surface area contributed by atoms with Crippen molar-refractivity contribution in [3.05, 3.63) is 35.9 Å². The lowest BCUT2D eigenvalue weighted by molar-refractivity contribution is -0.147. The number of rotatable bonds is 7. The first kappa shape index (κ1) is 20.7. The van der Waals surface area contributed by atoms with Crippen LogP contribution in [-0.4, -0.2) is 54.1 Å². The third kappa shape index (κ3) is 6.92. The van der Waals surface area contributed by atoms with Gasteiger partial charge in [-0.05, 0) is 32.3 Å². The van der Waals surface area contributed by atoms with Crippen LogP contribution in [0.3, 0.4) is 0 Å². The van der Waals surface area contributed by atoms with Crippen LogP contribution in [0, 0.1) is 5.92 Å². The molecule has 0 spiro atoms. The van der Waals surface area contributed by atoms with Gasteiger partial charge in [-0.15, -0.1) is 0 Å². The minimum Gasteiger partial charge on any atom is -0.444 e. The highest BCUT2D eigenvalue weighted by Gasteiger charge is 2.38. The Morgan fingerprint density at radius 3 is 2.52 bits per heavy atom. The smallest absolute Gasteiger partial charge is 0.407 e. The number of likely N-dealkylation sites (tertiary alicyclic amines) is 1. The molecule has 2 rings (SSSR count). The molecule has 1 aliphatic rings. The van der Waals surface area contributed by atoms with Crippen molar-refractivity contribution < 1.29 is 19.1 Å². The Morgan fingerprint density at radius 2 is 1.93 bits per heavy atom. The molecule has 1 fully saturated rings. The number of ether oxygens (including phenoxy) is 1. The molecule has 1 saturated heterocycles. The van der Waals surface area contributed by atoms with E-state index in [0.29, 0.717) is 19.6 Å². The van der Waals surface area contributed by atoms with Gasteiger partial charge in [0.15, 0.2) is 0 Å². The second kappa shape index (κ2) is 8.88. The molecule has 0 bridgehead atoms. The van der Waals surface area contributed by atoms with Gasteiger partial charge in [-0.2, -0.15) is 0 Å². The van der Waals surface area contributed by atoms with Gasteiger partial charge >= 0.3 is 6.09 Å². The maximum Gasteiger partial charge on any atom is 0.407 e. The van der Waals surface area contributed by atoms with Crippen LogP contribution in [-0.2, 0) is 20.7 Å². The molecule has 148 valence electrons.